The Kier molecular flexibility index (Phi) is 4.79. The summed E-state index contributed by atoms with van der Waals surface area (Å²) in [5.41, 5.74) is 6.41. The van der Waals surface area contributed by atoms with Crippen LogP contribution in [-0.2, 0) is 16.0 Å². The van der Waals surface area contributed by atoms with E-state index in [1.165, 1.54) is 36.7 Å². The first-order chi connectivity index (χ1) is 13.7. The summed E-state index contributed by atoms with van der Waals surface area (Å²) in [6.07, 6.45) is -2.50. The second kappa shape index (κ2) is 6.67. The van der Waals surface area contributed by atoms with Crippen LogP contribution < -0.4 is 11.5 Å². The predicted molar refractivity (Wildman–Crippen MR) is 102 cm³/mol. The molecule has 0 aliphatic carbocycles. The highest BCUT2D eigenvalue weighted by Gasteiger charge is 2.60. The third-order valence-corrected chi connectivity index (χ3v) is 4.84. The van der Waals surface area contributed by atoms with E-state index in [0.29, 0.717) is 11.3 Å². The summed E-state index contributed by atoms with van der Waals surface area (Å²) < 4.78 is 41.9. The van der Waals surface area contributed by atoms with E-state index in [9.17, 15) is 28.2 Å². The lowest BCUT2D eigenvalue weighted by Gasteiger charge is -2.28. The molecule has 0 aliphatic rings. The summed E-state index contributed by atoms with van der Waals surface area (Å²) in [6.45, 7) is 4.63. The third kappa shape index (κ3) is 3.25. The van der Waals surface area contributed by atoms with Crippen molar-refractivity contribution >= 4 is 17.4 Å². The second-order valence-corrected chi connectivity index (χ2v) is 7.51. The molecule has 2 aromatic heterocycles. The van der Waals surface area contributed by atoms with Crippen molar-refractivity contribution in [3.63, 3.8) is 0 Å². The highest BCUT2D eigenvalue weighted by Crippen LogP contribution is 2.40. The number of nitrogens with zero attached hydrogens (tertiary/aromatic N) is 3. The number of hydrogen-bond donors (Lipinski definition) is 4. The van der Waals surface area contributed by atoms with Gasteiger partial charge in [-0.3, -0.25) is 9.20 Å². The highest BCUT2D eigenvalue weighted by atomic mass is 19.4. The molecule has 0 bridgehead atoms. The predicted octanol–water partition coefficient (Wildman–Crippen LogP) is 1.75. The smallest absolute Gasteiger partial charge is 0.384 e. The molecule has 1 aromatic carbocycles. The average molecular weight is 423 g/mol. The third-order valence-electron chi connectivity index (χ3n) is 4.84. The lowest BCUT2D eigenvalue weighted by molar-refractivity contribution is -0.255. The molecule has 1 unspecified atom stereocenters. The fourth-order valence-electron chi connectivity index (χ4n) is 3.07. The molecule has 3 rings (SSSR count). The Morgan fingerprint density at radius 1 is 1.20 bits per heavy atom. The molecule has 0 radical (unpaired) electrons. The number of aryl methyl sites for hydroxylation is 1. The molecule has 160 valence electrons. The van der Waals surface area contributed by atoms with Crippen LogP contribution in [0.15, 0.2) is 30.6 Å². The number of benzene rings is 1. The zero-order valence-corrected chi connectivity index (χ0v) is 16.3. The Balaban J connectivity index is 2.30. The quantitative estimate of drug-likeness (QED) is 0.504. The summed E-state index contributed by atoms with van der Waals surface area (Å²) >= 11 is 0. The Bertz CT molecular complexity index is 1150. The Labute approximate surface area is 169 Å². The van der Waals surface area contributed by atoms with E-state index in [1.807, 2.05) is 0 Å². The number of carbonyl (C=O) groups is 1. The molecule has 2 heterocycles. The number of aromatic nitrogens is 3. The molecule has 0 spiro atoms. The molecule has 0 aliphatic heterocycles. The number of aliphatic hydroxyl groups is 2. The van der Waals surface area contributed by atoms with Crippen LogP contribution in [0.25, 0.3) is 16.9 Å². The minimum atomic E-state index is -5.33. The monoisotopic (exact) mass is 423 g/mol. The first-order valence-electron chi connectivity index (χ1n) is 8.75. The van der Waals surface area contributed by atoms with E-state index >= 15 is 0 Å². The van der Waals surface area contributed by atoms with Crippen LogP contribution in [0, 0.1) is 6.92 Å². The number of primary amides is 1. The number of amides is 1. The molecule has 6 N–H and O–H groups in total. The Morgan fingerprint density at radius 2 is 1.83 bits per heavy atom. The molecular formula is C19H20F3N5O3. The number of nitrogens with two attached hydrogens (primary N) is 2. The standard InChI is InChI=1S/C19H20F3N5O3/c1-9-4-5-10(18(30,16(24)28)19(20,21)22)6-11(9)12-7-25-15-14(23)26-13(8-27(12)15)17(2,3)29/h4-8,29-30H,1-3H3,(H2,23,26)(H2,24,28). The number of fused-ring (bicyclic) bond motifs is 1. The van der Waals surface area contributed by atoms with E-state index in [2.05, 4.69) is 9.97 Å². The van der Waals surface area contributed by atoms with E-state index in [4.69, 9.17) is 11.5 Å². The van der Waals surface area contributed by atoms with Gasteiger partial charge in [-0.2, -0.15) is 13.2 Å². The summed E-state index contributed by atoms with van der Waals surface area (Å²) in [5, 5.41) is 20.4. The summed E-state index contributed by atoms with van der Waals surface area (Å²) in [7, 11) is 0. The number of halogens is 3. The van der Waals surface area contributed by atoms with E-state index in [-0.39, 0.29) is 22.7 Å². The van der Waals surface area contributed by atoms with Gasteiger partial charge in [0.15, 0.2) is 11.5 Å². The van der Waals surface area contributed by atoms with Gasteiger partial charge >= 0.3 is 6.18 Å². The van der Waals surface area contributed by atoms with E-state index in [0.717, 1.165) is 12.1 Å². The van der Waals surface area contributed by atoms with Crippen LogP contribution in [0.1, 0.15) is 30.7 Å². The Hall–Kier alpha value is -3.18. The zero-order chi connectivity index (χ0) is 22.6. The second-order valence-electron chi connectivity index (χ2n) is 7.51. The lowest BCUT2D eigenvalue weighted by atomic mass is 9.89. The maximum atomic E-state index is 13.5. The molecular weight excluding hydrogens is 403 g/mol. The number of alkyl halides is 3. The first-order valence-corrected chi connectivity index (χ1v) is 8.75. The molecule has 0 fully saturated rings. The van der Waals surface area contributed by atoms with Gasteiger partial charge in [0, 0.05) is 17.3 Å². The van der Waals surface area contributed by atoms with Gasteiger partial charge in [0.1, 0.15) is 5.60 Å². The van der Waals surface area contributed by atoms with Gasteiger partial charge in [-0.25, -0.2) is 9.97 Å². The van der Waals surface area contributed by atoms with Crippen LogP contribution in [-0.4, -0.2) is 36.7 Å². The van der Waals surface area contributed by atoms with Crippen LogP contribution in [0.2, 0.25) is 0 Å². The molecule has 11 heteroatoms. The largest absolute Gasteiger partial charge is 0.430 e. The van der Waals surface area contributed by atoms with E-state index < -0.39 is 28.8 Å². The van der Waals surface area contributed by atoms with Crippen molar-refractivity contribution in [2.24, 2.45) is 5.73 Å². The van der Waals surface area contributed by atoms with Crippen LogP contribution in [0.4, 0.5) is 19.0 Å². The zero-order valence-electron chi connectivity index (χ0n) is 16.3. The molecule has 1 atom stereocenters. The van der Waals surface area contributed by atoms with Crippen molar-refractivity contribution in [2.45, 2.75) is 38.1 Å². The van der Waals surface area contributed by atoms with Gasteiger partial charge in [0.05, 0.1) is 17.6 Å². The van der Waals surface area contributed by atoms with Gasteiger partial charge < -0.3 is 21.7 Å². The lowest BCUT2D eigenvalue weighted by Crippen LogP contribution is -2.52. The molecule has 8 nitrogen and oxygen atoms in total. The molecule has 1 amide bonds. The maximum absolute atomic E-state index is 13.5. The number of anilines is 1. The Morgan fingerprint density at radius 3 is 2.37 bits per heavy atom. The van der Waals surface area contributed by atoms with Gasteiger partial charge in [-0.05, 0) is 32.4 Å². The summed E-state index contributed by atoms with van der Waals surface area (Å²) in [4.78, 5) is 19.8. The van der Waals surface area contributed by atoms with E-state index in [1.54, 1.807) is 6.92 Å². The average Bonchev–Trinajstić information content (AvgIpc) is 3.04. The number of carbonyl (C=O) groups excluding carboxylic acids is 1. The minimum Gasteiger partial charge on any atom is -0.384 e. The molecule has 0 saturated carbocycles. The number of nitrogen functional groups attached to an aromatic ring is 1. The van der Waals surface area contributed by atoms with Crippen LogP contribution in [0.5, 0.6) is 0 Å². The van der Waals surface area contributed by atoms with Gasteiger partial charge in [-0.1, -0.05) is 12.1 Å². The SMILES string of the molecule is Cc1ccc(C(O)(C(N)=O)C(F)(F)F)cc1-c1cnc2c(N)nc(C(C)(C)O)cn12. The van der Waals surface area contributed by atoms with Crippen LogP contribution >= 0.6 is 0 Å². The fourth-order valence-corrected chi connectivity index (χ4v) is 3.07. The number of hydrogen-bond acceptors (Lipinski definition) is 6. The van der Waals surface area contributed by atoms with Crippen LogP contribution in [0.3, 0.4) is 0 Å². The summed E-state index contributed by atoms with van der Waals surface area (Å²) in [6, 6.07) is 3.33. The highest BCUT2D eigenvalue weighted by molar-refractivity contribution is 5.86. The van der Waals surface area contributed by atoms with Gasteiger partial charge in [0.25, 0.3) is 11.5 Å². The van der Waals surface area contributed by atoms with Gasteiger partial charge in [-0.15, -0.1) is 0 Å². The van der Waals surface area contributed by atoms with Gasteiger partial charge in [0.2, 0.25) is 0 Å². The number of rotatable bonds is 4. The van der Waals surface area contributed by atoms with Crippen molar-refractivity contribution in [3.8, 4) is 11.3 Å². The molecule has 0 saturated heterocycles. The topological polar surface area (TPSA) is 140 Å². The van der Waals surface area contributed by atoms with Crippen molar-refractivity contribution in [2.75, 3.05) is 5.73 Å². The molecule has 3 aromatic rings. The van der Waals surface area contributed by atoms with Crippen molar-refractivity contribution < 1.29 is 28.2 Å². The summed E-state index contributed by atoms with van der Waals surface area (Å²) in [5.74, 6) is -1.93. The maximum Gasteiger partial charge on any atom is 0.430 e. The minimum absolute atomic E-state index is 0.0126. The van der Waals surface area contributed by atoms with Crippen molar-refractivity contribution in [1.29, 1.82) is 0 Å². The molecule has 30 heavy (non-hydrogen) atoms. The first kappa shape index (κ1) is 21.5. The fraction of sp³-hybridized carbons (Fsp3) is 0.316. The number of imidazole rings is 1. The van der Waals surface area contributed by atoms with Crippen molar-refractivity contribution in [3.05, 3.63) is 47.4 Å². The normalized spacial score (nSPS) is 14.7. The van der Waals surface area contributed by atoms with Crippen molar-refractivity contribution in [1.82, 2.24) is 14.4 Å².